The summed E-state index contributed by atoms with van der Waals surface area (Å²) >= 11 is 6.13. The maximum absolute atomic E-state index is 12.9. The van der Waals surface area contributed by atoms with Gasteiger partial charge in [0.2, 0.25) is 0 Å². The van der Waals surface area contributed by atoms with Crippen LogP contribution in [0.4, 0.5) is 0 Å². The highest BCUT2D eigenvalue weighted by Crippen LogP contribution is 2.37. The number of hydrogen-bond donors (Lipinski definition) is 1. The van der Waals surface area contributed by atoms with E-state index in [1.165, 1.54) is 0 Å². The Morgan fingerprint density at radius 2 is 1.87 bits per heavy atom. The number of benzene rings is 2. The van der Waals surface area contributed by atoms with Crippen molar-refractivity contribution in [3.05, 3.63) is 70.7 Å². The van der Waals surface area contributed by atoms with Gasteiger partial charge in [-0.15, -0.1) is 0 Å². The molecule has 0 radical (unpaired) electrons. The molecule has 0 spiro atoms. The van der Waals surface area contributed by atoms with Crippen LogP contribution in [0.5, 0.6) is 0 Å². The van der Waals surface area contributed by atoms with Gasteiger partial charge in [0.05, 0.1) is 10.6 Å². The normalized spacial score (nSPS) is 20.5. The van der Waals surface area contributed by atoms with Crippen LogP contribution in [0.15, 0.2) is 59.7 Å². The van der Waals surface area contributed by atoms with Crippen LogP contribution in [-0.2, 0) is 5.72 Å². The summed E-state index contributed by atoms with van der Waals surface area (Å²) in [7, 11) is 0. The standard InChI is InChI=1S/C18H17ClN2O2/c1-2-14-12-18(23,13-8-4-3-5-9-13)21(20-14)17(22)15-10-6-7-11-16(15)19/h3-11,23H,2,12H2,1H3/t18-/m0/s1. The van der Waals surface area contributed by atoms with Crippen molar-refractivity contribution in [2.75, 3.05) is 0 Å². The molecule has 0 saturated heterocycles. The van der Waals surface area contributed by atoms with Gasteiger partial charge in [0.25, 0.3) is 5.91 Å². The van der Waals surface area contributed by atoms with E-state index in [0.29, 0.717) is 29.0 Å². The first-order valence-corrected chi connectivity index (χ1v) is 7.87. The zero-order valence-corrected chi connectivity index (χ0v) is 13.5. The first kappa shape index (κ1) is 15.7. The molecule has 118 valence electrons. The highest BCUT2D eigenvalue weighted by atomic mass is 35.5. The van der Waals surface area contributed by atoms with Gasteiger partial charge in [-0.1, -0.05) is 61.0 Å². The Balaban J connectivity index is 2.05. The third-order valence-corrected chi connectivity index (χ3v) is 4.31. The number of nitrogens with zero attached hydrogens (tertiary/aromatic N) is 2. The molecule has 1 amide bonds. The van der Waals surface area contributed by atoms with Crippen molar-refractivity contribution in [3.8, 4) is 0 Å². The number of carbonyl (C=O) groups excluding carboxylic acids is 1. The van der Waals surface area contributed by atoms with Crippen LogP contribution in [0.3, 0.4) is 0 Å². The number of hydrazone groups is 1. The highest BCUT2D eigenvalue weighted by molar-refractivity contribution is 6.33. The second-order valence-electron chi connectivity index (χ2n) is 5.48. The Labute approximate surface area is 140 Å². The zero-order chi connectivity index (χ0) is 16.4. The van der Waals surface area contributed by atoms with Crippen LogP contribution >= 0.6 is 11.6 Å². The molecule has 1 aliphatic heterocycles. The summed E-state index contributed by atoms with van der Waals surface area (Å²) in [5, 5.41) is 17.0. The number of rotatable bonds is 3. The molecule has 0 aromatic heterocycles. The Hall–Kier alpha value is -2.17. The molecule has 23 heavy (non-hydrogen) atoms. The molecule has 3 rings (SSSR count). The second kappa shape index (κ2) is 6.14. The van der Waals surface area contributed by atoms with E-state index in [4.69, 9.17) is 11.6 Å². The van der Waals surface area contributed by atoms with Gasteiger partial charge in [0.15, 0.2) is 5.72 Å². The third kappa shape index (κ3) is 2.76. The van der Waals surface area contributed by atoms with Crippen molar-refractivity contribution in [2.24, 2.45) is 5.10 Å². The number of amides is 1. The highest BCUT2D eigenvalue weighted by Gasteiger charge is 2.45. The molecule has 1 N–H and O–H groups in total. The third-order valence-electron chi connectivity index (χ3n) is 3.98. The van der Waals surface area contributed by atoms with E-state index in [2.05, 4.69) is 5.10 Å². The van der Waals surface area contributed by atoms with Gasteiger partial charge in [0, 0.05) is 17.7 Å². The average Bonchev–Trinajstić information content (AvgIpc) is 2.94. The minimum atomic E-state index is -1.48. The van der Waals surface area contributed by atoms with Crippen molar-refractivity contribution in [3.63, 3.8) is 0 Å². The van der Waals surface area contributed by atoms with E-state index in [1.807, 2.05) is 25.1 Å². The van der Waals surface area contributed by atoms with Gasteiger partial charge < -0.3 is 5.11 Å². The molecule has 2 aromatic carbocycles. The molecular weight excluding hydrogens is 312 g/mol. The van der Waals surface area contributed by atoms with Gasteiger partial charge in [0.1, 0.15) is 0 Å². The maximum atomic E-state index is 12.9. The molecule has 0 aliphatic carbocycles. The van der Waals surface area contributed by atoms with Gasteiger partial charge in [-0.3, -0.25) is 4.79 Å². The van der Waals surface area contributed by atoms with E-state index in [9.17, 15) is 9.90 Å². The fraction of sp³-hybridized carbons (Fsp3) is 0.222. The second-order valence-corrected chi connectivity index (χ2v) is 5.88. The molecule has 1 atom stereocenters. The van der Waals surface area contributed by atoms with Crippen molar-refractivity contribution < 1.29 is 9.90 Å². The minimum absolute atomic E-state index is 0.295. The number of carbonyl (C=O) groups is 1. The molecule has 2 aromatic rings. The van der Waals surface area contributed by atoms with Gasteiger partial charge in [-0.05, 0) is 18.6 Å². The summed E-state index contributed by atoms with van der Waals surface area (Å²) in [4.78, 5) is 12.9. The number of aliphatic hydroxyl groups is 1. The van der Waals surface area contributed by atoms with E-state index in [-0.39, 0.29) is 0 Å². The van der Waals surface area contributed by atoms with Crippen molar-refractivity contribution >= 4 is 23.2 Å². The fourth-order valence-electron chi connectivity index (χ4n) is 2.71. The average molecular weight is 329 g/mol. The Morgan fingerprint density at radius 3 is 2.52 bits per heavy atom. The van der Waals surface area contributed by atoms with Crippen molar-refractivity contribution in [1.82, 2.24) is 5.01 Å². The van der Waals surface area contributed by atoms with Crippen LogP contribution in [0.2, 0.25) is 5.02 Å². The monoisotopic (exact) mass is 328 g/mol. The first-order valence-electron chi connectivity index (χ1n) is 7.49. The van der Waals surface area contributed by atoms with Gasteiger partial charge in [-0.25, -0.2) is 0 Å². The molecule has 1 aliphatic rings. The summed E-state index contributed by atoms with van der Waals surface area (Å²) < 4.78 is 0. The lowest BCUT2D eigenvalue weighted by Gasteiger charge is -2.31. The van der Waals surface area contributed by atoms with E-state index >= 15 is 0 Å². The van der Waals surface area contributed by atoms with Crippen LogP contribution < -0.4 is 0 Å². The minimum Gasteiger partial charge on any atom is -0.365 e. The Kier molecular flexibility index (Phi) is 4.20. The lowest BCUT2D eigenvalue weighted by atomic mass is 9.96. The quantitative estimate of drug-likeness (QED) is 0.931. The summed E-state index contributed by atoms with van der Waals surface area (Å²) in [6.45, 7) is 1.95. The van der Waals surface area contributed by atoms with E-state index < -0.39 is 11.6 Å². The molecule has 5 heteroatoms. The smallest absolute Gasteiger partial charge is 0.278 e. The van der Waals surface area contributed by atoms with Crippen LogP contribution in [0.1, 0.15) is 35.7 Å². The lowest BCUT2D eigenvalue weighted by Crippen LogP contribution is -2.43. The fourth-order valence-corrected chi connectivity index (χ4v) is 2.92. The van der Waals surface area contributed by atoms with Gasteiger partial charge >= 0.3 is 0 Å². The molecular formula is C18H17ClN2O2. The van der Waals surface area contributed by atoms with Crippen LogP contribution in [0.25, 0.3) is 0 Å². The zero-order valence-electron chi connectivity index (χ0n) is 12.7. The summed E-state index contributed by atoms with van der Waals surface area (Å²) in [5.41, 5.74) is 0.247. The summed E-state index contributed by atoms with van der Waals surface area (Å²) in [6.07, 6.45) is 0.963. The number of halogens is 1. The first-order chi connectivity index (χ1) is 11.1. The molecule has 0 fully saturated rings. The lowest BCUT2D eigenvalue weighted by molar-refractivity contribution is -0.0765. The Bertz CT molecular complexity index is 761. The largest absolute Gasteiger partial charge is 0.365 e. The SMILES string of the molecule is CCC1=NN(C(=O)c2ccccc2Cl)[C@@](O)(c2ccccc2)C1. The molecule has 0 bridgehead atoms. The molecule has 0 unspecified atom stereocenters. The topological polar surface area (TPSA) is 52.9 Å². The molecule has 4 nitrogen and oxygen atoms in total. The summed E-state index contributed by atoms with van der Waals surface area (Å²) in [6, 6.07) is 15.9. The predicted octanol–water partition coefficient (Wildman–Crippen LogP) is 3.80. The van der Waals surface area contributed by atoms with E-state index in [0.717, 1.165) is 10.7 Å². The predicted molar refractivity (Wildman–Crippen MR) is 90.3 cm³/mol. The molecule has 0 saturated carbocycles. The molecule has 1 heterocycles. The van der Waals surface area contributed by atoms with Crippen LogP contribution in [0, 0.1) is 0 Å². The van der Waals surface area contributed by atoms with E-state index in [1.54, 1.807) is 36.4 Å². The summed E-state index contributed by atoms with van der Waals surface area (Å²) in [5.74, 6) is -0.412. The van der Waals surface area contributed by atoms with Crippen molar-refractivity contribution in [1.29, 1.82) is 0 Å². The van der Waals surface area contributed by atoms with Crippen LogP contribution in [-0.4, -0.2) is 21.7 Å². The Morgan fingerprint density at radius 1 is 1.22 bits per heavy atom. The number of hydrogen-bond acceptors (Lipinski definition) is 3. The van der Waals surface area contributed by atoms with Crippen molar-refractivity contribution in [2.45, 2.75) is 25.5 Å². The maximum Gasteiger partial charge on any atom is 0.278 e. The van der Waals surface area contributed by atoms with Gasteiger partial charge in [-0.2, -0.15) is 10.1 Å².